The van der Waals surface area contributed by atoms with Crippen molar-refractivity contribution in [3.05, 3.63) is 0 Å². The fraction of sp³-hybridized carbons (Fsp3) is 0.846. The molecule has 0 aromatic rings. The average molecular weight is 256 g/mol. The van der Waals surface area contributed by atoms with Gasteiger partial charge in [-0.2, -0.15) is 0 Å². The predicted molar refractivity (Wildman–Crippen MR) is 69.0 cm³/mol. The number of carboxylic acid groups (broad SMARTS) is 1. The molecule has 5 heteroatoms. The zero-order valence-electron chi connectivity index (χ0n) is 11.3. The van der Waals surface area contributed by atoms with Gasteiger partial charge in [0.2, 0.25) is 5.91 Å². The van der Waals surface area contributed by atoms with E-state index in [-0.39, 0.29) is 11.3 Å². The van der Waals surface area contributed by atoms with E-state index in [0.717, 1.165) is 19.3 Å². The van der Waals surface area contributed by atoms with Crippen molar-refractivity contribution in [3.63, 3.8) is 0 Å². The second-order valence-electron chi connectivity index (χ2n) is 5.38. The number of carbonyl (C=O) groups excluding carboxylic acids is 1. The number of hydrogen-bond donors (Lipinski definition) is 3. The Kier molecular flexibility index (Phi) is 4.73. The van der Waals surface area contributed by atoms with Crippen LogP contribution in [0.15, 0.2) is 0 Å². The van der Waals surface area contributed by atoms with Crippen LogP contribution in [0.2, 0.25) is 0 Å². The summed E-state index contributed by atoms with van der Waals surface area (Å²) in [5.41, 5.74) is 4.49. The maximum atomic E-state index is 12.0. The van der Waals surface area contributed by atoms with E-state index >= 15 is 0 Å². The van der Waals surface area contributed by atoms with E-state index in [1.807, 2.05) is 0 Å². The fourth-order valence-electron chi connectivity index (χ4n) is 2.56. The maximum Gasteiger partial charge on any atom is 0.329 e. The van der Waals surface area contributed by atoms with E-state index in [2.05, 4.69) is 5.32 Å². The molecule has 0 atom stereocenters. The van der Waals surface area contributed by atoms with Gasteiger partial charge in [-0.25, -0.2) is 4.79 Å². The monoisotopic (exact) mass is 256 g/mol. The van der Waals surface area contributed by atoms with Crippen molar-refractivity contribution in [1.82, 2.24) is 5.32 Å². The first kappa shape index (κ1) is 15.0. The Morgan fingerprint density at radius 3 is 2.17 bits per heavy atom. The number of rotatable bonds is 7. The average Bonchev–Trinajstić information content (AvgIpc) is 2.30. The predicted octanol–water partition coefficient (Wildman–Crippen LogP) is 1.27. The van der Waals surface area contributed by atoms with E-state index in [0.29, 0.717) is 25.8 Å². The topological polar surface area (TPSA) is 92.4 Å². The van der Waals surface area contributed by atoms with Crippen molar-refractivity contribution in [1.29, 1.82) is 0 Å². The highest BCUT2D eigenvalue weighted by molar-refractivity contribution is 5.87. The van der Waals surface area contributed by atoms with Gasteiger partial charge in [0.1, 0.15) is 5.54 Å². The standard InChI is InChI=1S/C13H24N2O3/c1-3-13(4-2,11(17)18)15-10(16)8-12(9-14)6-5-7-12/h3-9,14H2,1-2H3,(H,15,16)(H,17,18). The van der Waals surface area contributed by atoms with Crippen LogP contribution in [0.3, 0.4) is 0 Å². The lowest BCUT2D eigenvalue weighted by molar-refractivity contribution is -0.148. The van der Waals surface area contributed by atoms with Crippen LogP contribution < -0.4 is 11.1 Å². The smallest absolute Gasteiger partial charge is 0.329 e. The Bertz CT molecular complexity index is 315. The van der Waals surface area contributed by atoms with E-state index in [4.69, 9.17) is 5.73 Å². The molecular formula is C13H24N2O3. The molecule has 0 saturated heterocycles. The summed E-state index contributed by atoms with van der Waals surface area (Å²) in [4.78, 5) is 23.3. The molecule has 1 aliphatic rings. The molecule has 1 fully saturated rings. The Morgan fingerprint density at radius 1 is 1.33 bits per heavy atom. The molecule has 0 radical (unpaired) electrons. The molecule has 0 aromatic heterocycles. The van der Waals surface area contributed by atoms with Crippen LogP contribution in [0, 0.1) is 5.41 Å². The number of carboxylic acids is 1. The SMILES string of the molecule is CCC(CC)(NC(=O)CC1(CN)CCC1)C(=O)O. The highest BCUT2D eigenvalue weighted by Gasteiger charge is 2.41. The molecule has 1 amide bonds. The van der Waals surface area contributed by atoms with Crippen LogP contribution in [-0.2, 0) is 9.59 Å². The molecule has 4 N–H and O–H groups in total. The second-order valence-corrected chi connectivity index (χ2v) is 5.38. The van der Waals surface area contributed by atoms with Gasteiger partial charge in [0.05, 0.1) is 0 Å². The molecule has 104 valence electrons. The summed E-state index contributed by atoms with van der Waals surface area (Å²) >= 11 is 0. The van der Waals surface area contributed by atoms with Gasteiger partial charge in [-0.05, 0) is 37.6 Å². The van der Waals surface area contributed by atoms with Gasteiger partial charge in [0, 0.05) is 6.42 Å². The van der Waals surface area contributed by atoms with Gasteiger partial charge >= 0.3 is 5.97 Å². The minimum atomic E-state index is -1.13. The lowest BCUT2D eigenvalue weighted by atomic mass is 9.66. The number of hydrogen-bond acceptors (Lipinski definition) is 3. The van der Waals surface area contributed by atoms with Crippen molar-refractivity contribution >= 4 is 11.9 Å². The van der Waals surface area contributed by atoms with Crippen molar-refractivity contribution in [3.8, 4) is 0 Å². The fourth-order valence-corrected chi connectivity index (χ4v) is 2.56. The number of carbonyl (C=O) groups is 2. The number of nitrogens with one attached hydrogen (secondary N) is 1. The lowest BCUT2D eigenvalue weighted by Gasteiger charge is -2.41. The van der Waals surface area contributed by atoms with Crippen LogP contribution in [0.5, 0.6) is 0 Å². The second kappa shape index (κ2) is 5.69. The maximum absolute atomic E-state index is 12.0. The third-order valence-electron chi connectivity index (χ3n) is 4.38. The summed E-state index contributed by atoms with van der Waals surface area (Å²) in [5.74, 6) is -1.15. The van der Waals surface area contributed by atoms with Gasteiger partial charge < -0.3 is 16.2 Å². The van der Waals surface area contributed by atoms with E-state index < -0.39 is 11.5 Å². The highest BCUT2D eigenvalue weighted by Crippen LogP contribution is 2.42. The zero-order valence-corrected chi connectivity index (χ0v) is 11.3. The highest BCUT2D eigenvalue weighted by atomic mass is 16.4. The Morgan fingerprint density at radius 2 is 1.89 bits per heavy atom. The molecule has 1 rings (SSSR count). The largest absolute Gasteiger partial charge is 0.480 e. The quantitative estimate of drug-likeness (QED) is 0.639. The van der Waals surface area contributed by atoms with Crippen molar-refractivity contribution in [2.75, 3.05) is 6.54 Å². The van der Waals surface area contributed by atoms with Crippen molar-refractivity contribution < 1.29 is 14.7 Å². The molecule has 0 aliphatic heterocycles. The van der Waals surface area contributed by atoms with Crippen LogP contribution in [0.1, 0.15) is 52.4 Å². The summed E-state index contributed by atoms with van der Waals surface area (Å²) in [5, 5.41) is 12.0. The molecular weight excluding hydrogens is 232 g/mol. The molecule has 1 saturated carbocycles. The first-order valence-corrected chi connectivity index (χ1v) is 6.68. The summed E-state index contributed by atoms with van der Waals surface area (Å²) in [6.45, 7) is 4.05. The minimum absolute atomic E-state index is 0.0875. The van der Waals surface area contributed by atoms with Gasteiger partial charge in [0.25, 0.3) is 0 Å². The van der Waals surface area contributed by atoms with Crippen molar-refractivity contribution in [2.45, 2.75) is 57.9 Å². The lowest BCUT2D eigenvalue weighted by Crippen LogP contribution is -2.55. The van der Waals surface area contributed by atoms with Crippen LogP contribution in [0.25, 0.3) is 0 Å². The third-order valence-corrected chi connectivity index (χ3v) is 4.38. The van der Waals surface area contributed by atoms with Gasteiger partial charge in [-0.15, -0.1) is 0 Å². The number of aliphatic carboxylic acids is 1. The first-order chi connectivity index (χ1) is 8.43. The summed E-state index contributed by atoms with van der Waals surface area (Å²) in [7, 11) is 0. The third kappa shape index (κ3) is 2.83. The Labute approximate surface area is 108 Å². The number of amides is 1. The van der Waals surface area contributed by atoms with E-state index in [9.17, 15) is 14.7 Å². The molecule has 1 aliphatic carbocycles. The van der Waals surface area contributed by atoms with Gasteiger partial charge in [0.15, 0.2) is 0 Å². The summed E-state index contributed by atoms with van der Waals surface area (Å²) in [6, 6.07) is 0. The molecule has 0 heterocycles. The normalized spacial score (nSPS) is 17.9. The van der Waals surface area contributed by atoms with Crippen molar-refractivity contribution in [2.24, 2.45) is 11.1 Å². The molecule has 0 spiro atoms. The first-order valence-electron chi connectivity index (χ1n) is 6.68. The summed E-state index contributed by atoms with van der Waals surface area (Å²) < 4.78 is 0. The van der Waals surface area contributed by atoms with Crippen LogP contribution >= 0.6 is 0 Å². The Balaban J connectivity index is 2.65. The Hall–Kier alpha value is -1.10. The van der Waals surface area contributed by atoms with Crippen LogP contribution in [0.4, 0.5) is 0 Å². The molecule has 0 bridgehead atoms. The van der Waals surface area contributed by atoms with Crippen LogP contribution in [-0.4, -0.2) is 29.1 Å². The van der Waals surface area contributed by atoms with Gasteiger partial charge in [-0.1, -0.05) is 20.3 Å². The van der Waals surface area contributed by atoms with Gasteiger partial charge in [-0.3, -0.25) is 4.79 Å². The molecule has 0 unspecified atom stereocenters. The minimum Gasteiger partial charge on any atom is -0.480 e. The van der Waals surface area contributed by atoms with E-state index in [1.165, 1.54) is 0 Å². The zero-order chi connectivity index (χ0) is 13.8. The molecule has 18 heavy (non-hydrogen) atoms. The molecule has 0 aromatic carbocycles. The van der Waals surface area contributed by atoms with E-state index in [1.54, 1.807) is 13.8 Å². The molecule has 5 nitrogen and oxygen atoms in total. The number of nitrogens with two attached hydrogens (primary N) is 1. The summed E-state index contributed by atoms with van der Waals surface area (Å²) in [6.07, 6.45) is 4.17.